The van der Waals surface area contributed by atoms with E-state index in [1.54, 1.807) is 0 Å². The molecular formula is C17H20BrNO. The van der Waals surface area contributed by atoms with Crippen LogP contribution in [0.3, 0.4) is 0 Å². The van der Waals surface area contributed by atoms with Gasteiger partial charge in [0.05, 0.1) is 6.61 Å². The van der Waals surface area contributed by atoms with Crippen molar-refractivity contribution in [1.82, 2.24) is 5.32 Å². The van der Waals surface area contributed by atoms with Gasteiger partial charge in [-0.3, -0.25) is 0 Å². The van der Waals surface area contributed by atoms with Gasteiger partial charge in [-0.2, -0.15) is 0 Å². The number of benzene rings is 2. The first kappa shape index (κ1) is 15.1. The molecule has 0 heterocycles. The zero-order valence-electron chi connectivity index (χ0n) is 11.7. The molecule has 0 aliphatic carbocycles. The van der Waals surface area contributed by atoms with Gasteiger partial charge < -0.3 is 10.1 Å². The van der Waals surface area contributed by atoms with E-state index in [-0.39, 0.29) is 0 Å². The predicted molar refractivity (Wildman–Crippen MR) is 87.2 cm³/mol. The van der Waals surface area contributed by atoms with Crippen LogP contribution in [0.1, 0.15) is 12.0 Å². The molecule has 0 amide bonds. The van der Waals surface area contributed by atoms with Crippen LogP contribution in [0.25, 0.3) is 0 Å². The first-order valence-electron chi connectivity index (χ1n) is 6.87. The first-order chi connectivity index (χ1) is 9.78. The Morgan fingerprint density at radius 3 is 2.60 bits per heavy atom. The molecular weight excluding hydrogens is 314 g/mol. The Labute approximate surface area is 129 Å². The summed E-state index contributed by atoms with van der Waals surface area (Å²) in [6, 6.07) is 18.8. The largest absolute Gasteiger partial charge is 0.494 e. The van der Waals surface area contributed by atoms with Crippen molar-refractivity contribution in [1.29, 1.82) is 0 Å². The van der Waals surface area contributed by atoms with Crippen molar-refractivity contribution in [3.05, 3.63) is 64.6 Å². The number of hydrogen-bond donors (Lipinski definition) is 1. The predicted octanol–water partition coefficient (Wildman–Crippen LogP) is 4.05. The second-order valence-corrected chi connectivity index (χ2v) is 5.69. The summed E-state index contributed by atoms with van der Waals surface area (Å²) in [4.78, 5) is 0. The van der Waals surface area contributed by atoms with E-state index in [1.807, 2.05) is 37.4 Å². The van der Waals surface area contributed by atoms with Crippen LogP contribution in [0.15, 0.2) is 59.1 Å². The van der Waals surface area contributed by atoms with Crippen molar-refractivity contribution in [3.63, 3.8) is 0 Å². The fourth-order valence-electron chi connectivity index (χ4n) is 2.13. The van der Waals surface area contributed by atoms with Crippen molar-refractivity contribution in [2.24, 2.45) is 0 Å². The Kier molecular flexibility index (Phi) is 6.09. The molecule has 0 saturated heterocycles. The Bertz CT molecular complexity index is 515. The quantitative estimate of drug-likeness (QED) is 0.825. The number of nitrogens with one attached hydrogen (secondary N) is 1. The topological polar surface area (TPSA) is 21.3 Å². The summed E-state index contributed by atoms with van der Waals surface area (Å²) in [5.74, 6) is 0.935. The molecule has 1 unspecified atom stereocenters. The fraction of sp³-hybridized carbons (Fsp3) is 0.294. The van der Waals surface area contributed by atoms with Crippen LogP contribution >= 0.6 is 15.9 Å². The molecule has 0 spiro atoms. The second-order valence-electron chi connectivity index (χ2n) is 4.77. The van der Waals surface area contributed by atoms with E-state index in [0.29, 0.717) is 6.04 Å². The molecule has 0 aliphatic heterocycles. The van der Waals surface area contributed by atoms with Crippen molar-refractivity contribution in [3.8, 4) is 5.75 Å². The summed E-state index contributed by atoms with van der Waals surface area (Å²) < 4.78 is 6.88. The van der Waals surface area contributed by atoms with Gasteiger partial charge in [-0.15, -0.1) is 0 Å². The minimum atomic E-state index is 0.424. The highest BCUT2D eigenvalue weighted by Gasteiger charge is 2.08. The Balaban J connectivity index is 1.80. The lowest BCUT2D eigenvalue weighted by Gasteiger charge is -2.17. The van der Waals surface area contributed by atoms with Gasteiger partial charge in [0.15, 0.2) is 0 Å². The van der Waals surface area contributed by atoms with Crippen molar-refractivity contribution < 1.29 is 4.74 Å². The molecule has 2 rings (SSSR count). The van der Waals surface area contributed by atoms with Gasteiger partial charge in [-0.25, -0.2) is 0 Å². The molecule has 106 valence electrons. The zero-order chi connectivity index (χ0) is 14.2. The average molecular weight is 334 g/mol. The SMILES string of the molecule is CNC(CCOc1ccccc1)Cc1cccc(Br)c1. The third kappa shape index (κ3) is 4.99. The Morgan fingerprint density at radius 2 is 1.90 bits per heavy atom. The maximum absolute atomic E-state index is 5.75. The van der Waals surface area contributed by atoms with Gasteiger partial charge in [0, 0.05) is 10.5 Å². The standard InChI is InChI=1S/C17H20BrNO/c1-19-16(13-14-6-5-7-15(18)12-14)10-11-20-17-8-3-2-4-9-17/h2-9,12,16,19H,10-11,13H2,1H3. The number of halogens is 1. The molecule has 2 aromatic carbocycles. The number of ether oxygens (including phenoxy) is 1. The van der Waals surface area contributed by atoms with Gasteiger partial charge in [-0.05, 0) is 49.7 Å². The summed E-state index contributed by atoms with van der Waals surface area (Å²) in [7, 11) is 2.01. The molecule has 0 fully saturated rings. The van der Waals surface area contributed by atoms with Gasteiger partial charge >= 0.3 is 0 Å². The number of para-hydroxylation sites is 1. The Hall–Kier alpha value is -1.32. The second kappa shape index (κ2) is 8.08. The molecule has 2 aromatic rings. The van der Waals surface area contributed by atoms with Crippen LogP contribution in [0.5, 0.6) is 5.75 Å². The smallest absolute Gasteiger partial charge is 0.119 e. The summed E-state index contributed by atoms with van der Waals surface area (Å²) in [5.41, 5.74) is 1.33. The zero-order valence-corrected chi connectivity index (χ0v) is 13.3. The first-order valence-corrected chi connectivity index (χ1v) is 7.67. The normalized spacial score (nSPS) is 12.1. The molecule has 2 nitrogen and oxygen atoms in total. The lowest BCUT2D eigenvalue weighted by molar-refractivity contribution is 0.288. The van der Waals surface area contributed by atoms with Crippen LogP contribution in [-0.4, -0.2) is 19.7 Å². The highest BCUT2D eigenvalue weighted by Crippen LogP contribution is 2.14. The van der Waals surface area contributed by atoms with E-state index >= 15 is 0 Å². The highest BCUT2D eigenvalue weighted by atomic mass is 79.9. The maximum atomic E-state index is 5.75. The van der Waals surface area contributed by atoms with Gasteiger partial charge in [0.25, 0.3) is 0 Å². The van der Waals surface area contributed by atoms with Crippen molar-refractivity contribution >= 4 is 15.9 Å². The van der Waals surface area contributed by atoms with E-state index in [4.69, 9.17) is 4.74 Å². The summed E-state index contributed by atoms with van der Waals surface area (Å²) in [5, 5.41) is 3.36. The molecule has 1 atom stereocenters. The fourth-order valence-corrected chi connectivity index (χ4v) is 2.58. The molecule has 1 N–H and O–H groups in total. The third-order valence-electron chi connectivity index (χ3n) is 3.26. The van der Waals surface area contributed by atoms with E-state index in [1.165, 1.54) is 5.56 Å². The lowest BCUT2D eigenvalue weighted by atomic mass is 10.0. The van der Waals surface area contributed by atoms with Crippen LogP contribution in [0.4, 0.5) is 0 Å². The van der Waals surface area contributed by atoms with E-state index in [9.17, 15) is 0 Å². The van der Waals surface area contributed by atoms with Crippen LogP contribution < -0.4 is 10.1 Å². The molecule has 0 aliphatic rings. The van der Waals surface area contributed by atoms with Crippen molar-refractivity contribution in [2.45, 2.75) is 18.9 Å². The number of rotatable bonds is 7. The summed E-state index contributed by atoms with van der Waals surface area (Å²) in [6.07, 6.45) is 1.99. The number of likely N-dealkylation sites (N-methyl/N-ethyl adjacent to an activating group) is 1. The van der Waals surface area contributed by atoms with Crippen molar-refractivity contribution in [2.75, 3.05) is 13.7 Å². The Morgan fingerprint density at radius 1 is 1.10 bits per heavy atom. The average Bonchev–Trinajstić information content (AvgIpc) is 2.47. The van der Waals surface area contributed by atoms with Crippen LogP contribution in [0, 0.1) is 0 Å². The minimum Gasteiger partial charge on any atom is -0.494 e. The van der Waals surface area contributed by atoms with Gasteiger partial charge in [-0.1, -0.05) is 46.3 Å². The maximum Gasteiger partial charge on any atom is 0.119 e. The van der Waals surface area contributed by atoms with E-state index in [2.05, 4.69) is 45.5 Å². The molecule has 0 bridgehead atoms. The molecule has 0 radical (unpaired) electrons. The molecule has 0 aromatic heterocycles. The summed E-state index contributed by atoms with van der Waals surface area (Å²) >= 11 is 3.51. The highest BCUT2D eigenvalue weighted by molar-refractivity contribution is 9.10. The number of hydrogen-bond acceptors (Lipinski definition) is 2. The minimum absolute atomic E-state index is 0.424. The van der Waals surface area contributed by atoms with E-state index in [0.717, 1.165) is 29.7 Å². The van der Waals surface area contributed by atoms with Gasteiger partial charge in [0.2, 0.25) is 0 Å². The third-order valence-corrected chi connectivity index (χ3v) is 3.75. The van der Waals surface area contributed by atoms with Crippen LogP contribution in [0.2, 0.25) is 0 Å². The van der Waals surface area contributed by atoms with Crippen LogP contribution in [-0.2, 0) is 6.42 Å². The molecule has 20 heavy (non-hydrogen) atoms. The lowest BCUT2D eigenvalue weighted by Crippen LogP contribution is -2.29. The summed E-state index contributed by atoms with van der Waals surface area (Å²) in [6.45, 7) is 0.726. The van der Waals surface area contributed by atoms with E-state index < -0.39 is 0 Å². The molecule has 0 saturated carbocycles. The molecule has 3 heteroatoms. The van der Waals surface area contributed by atoms with Gasteiger partial charge in [0.1, 0.15) is 5.75 Å². The monoisotopic (exact) mass is 333 g/mol.